The summed E-state index contributed by atoms with van der Waals surface area (Å²) < 4.78 is 12.9. The SMILES string of the molecule is COc1ccc(CCn2c3c(c4c(O)cccc42)C(=O)c2ccccc2-3)cc1OC. The zero-order valence-electron chi connectivity index (χ0n) is 16.8. The van der Waals surface area contributed by atoms with Crippen LogP contribution in [0.25, 0.3) is 22.2 Å². The number of aromatic hydroxyl groups is 1. The van der Waals surface area contributed by atoms with E-state index >= 15 is 0 Å². The third kappa shape index (κ3) is 2.59. The number of phenolic OH excluding ortho intramolecular Hbond substituents is 1. The molecule has 30 heavy (non-hydrogen) atoms. The van der Waals surface area contributed by atoms with E-state index in [0.29, 0.717) is 34.6 Å². The van der Waals surface area contributed by atoms with Crippen LogP contribution < -0.4 is 9.47 Å². The maximum absolute atomic E-state index is 13.1. The van der Waals surface area contributed by atoms with Gasteiger partial charge in [-0.3, -0.25) is 4.79 Å². The monoisotopic (exact) mass is 399 g/mol. The van der Waals surface area contributed by atoms with Crippen molar-refractivity contribution in [2.45, 2.75) is 13.0 Å². The number of methoxy groups -OCH3 is 2. The number of aryl methyl sites for hydroxylation is 2. The van der Waals surface area contributed by atoms with Crippen molar-refractivity contribution in [3.8, 4) is 28.5 Å². The summed E-state index contributed by atoms with van der Waals surface area (Å²) >= 11 is 0. The molecular formula is C25H21NO4. The van der Waals surface area contributed by atoms with Gasteiger partial charge in [-0.25, -0.2) is 0 Å². The number of rotatable bonds is 5. The van der Waals surface area contributed by atoms with Crippen LogP contribution in [0.3, 0.4) is 0 Å². The van der Waals surface area contributed by atoms with E-state index in [9.17, 15) is 9.90 Å². The number of nitrogens with zero attached hydrogens (tertiary/aromatic N) is 1. The van der Waals surface area contributed by atoms with Gasteiger partial charge < -0.3 is 19.1 Å². The van der Waals surface area contributed by atoms with Gasteiger partial charge in [0.2, 0.25) is 0 Å². The molecule has 1 aliphatic rings. The number of ketones is 1. The molecule has 0 aliphatic heterocycles. The molecule has 0 atom stereocenters. The zero-order valence-corrected chi connectivity index (χ0v) is 16.8. The molecule has 0 spiro atoms. The van der Waals surface area contributed by atoms with Crippen molar-refractivity contribution in [2.75, 3.05) is 14.2 Å². The van der Waals surface area contributed by atoms with Gasteiger partial charge in [-0.1, -0.05) is 36.4 Å². The number of ether oxygens (including phenoxy) is 2. The van der Waals surface area contributed by atoms with Crippen LogP contribution in [0.1, 0.15) is 21.5 Å². The second kappa shape index (κ2) is 6.95. The molecule has 150 valence electrons. The number of phenols is 1. The smallest absolute Gasteiger partial charge is 0.196 e. The molecule has 1 aliphatic carbocycles. The topological polar surface area (TPSA) is 60.7 Å². The van der Waals surface area contributed by atoms with E-state index in [1.165, 1.54) is 0 Å². The van der Waals surface area contributed by atoms with Crippen molar-refractivity contribution >= 4 is 16.7 Å². The van der Waals surface area contributed by atoms with Crippen LogP contribution in [0, 0.1) is 0 Å². The predicted molar refractivity (Wildman–Crippen MR) is 116 cm³/mol. The van der Waals surface area contributed by atoms with Crippen molar-refractivity contribution in [3.05, 3.63) is 77.4 Å². The highest BCUT2D eigenvalue weighted by atomic mass is 16.5. The van der Waals surface area contributed by atoms with Crippen molar-refractivity contribution in [3.63, 3.8) is 0 Å². The summed E-state index contributed by atoms with van der Waals surface area (Å²) in [6, 6.07) is 18.9. The van der Waals surface area contributed by atoms with Crippen molar-refractivity contribution < 1.29 is 19.4 Å². The molecule has 4 aromatic rings. The standard InChI is InChI=1S/C25H21NO4/c1-29-20-11-10-15(14-21(20)30-2)12-13-26-18-8-5-9-19(27)22(18)23-24(26)16-6-3-4-7-17(16)25(23)28/h3-11,14,27H,12-13H2,1-2H3. The molecule has 5 heteroatoms. The molecule has 0 saturated carbocycles. The molecule has 0 fully saturated rings. The Morgan fingerprint density at radius 1 is 0.900 bits per heavy atom. The van der Waals surface area contributed by atoms with Crippen molar-refractivity contribution in [1.82, 2.24) is 4.57 Å². The van der Waals surface area contributed by atoms with E-state index in [0.717, 1.165) is 28.8 Å². The second-order valence-electron chi connectivity index (χ2n) is 7.36. The molecule has 1 aromatic heterocycles. The maximum Gasteiger partial charge on any atom is 0.196 e. The van der Waals surface area contributed by atoms with Crippen LogP contribution >= 0.6 is 0 Å². The number of carbonyl (C=O) groups excluding carboxylic acids is 1. The highest BCUT2D eigenvalue weighted by molar-refractivity contribution is 6.28. The van der Waals surface area contributed by atoms with Gasteiger partial charge >= 0.3 is 0 Å². The normalized spacial score (nSPS) is 12.1. The largest absolute Gasteiger partial charge is 0.507 e. The number of hydrogen-bond donors (Lipinski definition) is 1. The Morgan fingerprint density at radius 2 is 1.67 bits per heavy atom. The van der Waals surface area contributed by atoms with Gasteiger partial charge in [-0.05, 0) is 36.2 Å². The lowest BCUT2D eigenvalue weighted by atomic mass is 10.1. The minimum absolute atomic E-state index is 0.0306. The van der Waals surface area contributed by atoms with Gasteiger partial charge in [-0.15, -0.1) is 0 Å². The number of carbonyl (C=O) groups is 1. The third-order valence-corrected chi connectivity index (χ3v) is 5.79. The van der Waals surface area contributed by atoms with Crippen LogP contribution in [-0.2, 0) is 13.0 Å². The third-order valence-electron chi connectivity index (χ3n) is 5.79. The Balaban J connectivity index is 1.63. The van der Waals surface area contributed by atoms with E-state index in [4.69, 9.17) is 9.47 Å². The molecule has 5 nitrogen and oxygen atoms in total. The average Bonchev–Trinajstić information content (AvgIpc) is 3.26. The molecule has 0 amide bonds. The minimum Gasteiger partial charge on any atom is -0.507 e. The maximum atomic E-state index is 13.1. The number of hydrogen-bond acceptors (Lipinski definition) is 4. The molecular weight excluding hydrogens is 378 g/mol. The molecule has 1 N–H and O–H groups in total. The average molecular weight is 399 g/mol. The summed E-state index contributed by atoms with van der Waals surface area (Å²) in [6.45, 7) is 0.659. The number of fused-ring (bicyclic) bond motifs is 5. The van der Waals surface area contributed by atoms with E-state index in [-0.39, 0.29) is 11.5 Å². The van der Waals surface area contributed by atoms with Gasteiger partial charge in [-0.2, -0.15) is 0 Å². The molecule has 0 saturated heterocycles. The van der Waals surface area contributed by atoms with Crippen molar-refractivity contribution in [1.29, 1.82) is 0 Å². The Morgan fingerprint density at radius 3 is 2.43 bits per heavy atom. The van der Waals surface area contributed by atoms with Gasteiger partial charge in [0.1, 0.15) is 5.75 Å². The highest BCUT2D eigenvalue weighted by Gasteiger charge is 2.34. The first-order valence-corrected chi connectivity index (χ1v) is 9.83. The summed E-state index contributed by atoms with van der Waals surface area (Å²) in [4.78, 5) is 13.1. The molecule has 0 bridgehead atoms. The Bertz CT molecular complexity index is 1300. The van der Waals surface area contributed by atoms with Gasteiger partial charge in [0.15, 0.2) is 17.3 Å². The fourth-order valence-corrected chi connectivity index (χ4v) is 4.42. The van der Waals surface area contributed by atoms with E-state index in [1.807, 2.05) is 54.6 Å². The van der Waals surface area contributed by atoms with Crippen LogP contribution in [0.2, 0.25) is 0 Å². The lowest BCUT2D eigenvalue weighted by Crippen LogP contribution is -2.03. The zero-order chi connectivity index (χ0) is 20.8. The van der Waals surface area contributed by atoms with Gasteiger partial charge in [0, 0.05) is 17.7 Å². The molecule has 0 unspecified atom stereocenters. The Hall–Kier alpha value is -3.73. The van der Waals surface area contributed by atoms with Gasteiger partial charge in [0.25, 0.3) is 0 Å². The molecule has 0 radical (unpaired) electrons. The van der Waals surface area contributed by atoms with Crippen LogP contribution in [-0.4, -0.2) is 29.7 Å². The first-order valence-electron chi connectivity index (χ1n) is 9.83. The van der Waals surface area contributed by atoms with Crippen LogP contribution in [0.15, 0.2) is 60.7 Å². The second-order valence-corrected chi connectivity index (χ2v) is 7.36. The number of aromatic nitrogens is 1. The highest BCUT2D eigenvalue weighted by Crippen LogP contribution is 2.45. The van der Waals surface area contributed by atoms with Gasteiger partial charge in [0.05, 0.1) is 36.4 Å². The van der Waals surface area contributed by atoms with Crippen LogP contribution in [0.4, 0.5) is 0 Å². The first kappa shape index (κ1) is 18.3. The predicted octanol–water partition coefficient (Wildman–Crippen LogP) is 4.82. The van der Waals surface area contributed by atoms with E-state index in [1.54, 1.807) is 20.3 Å². The fraction of sp³-hybridized carbons (Fsp3) is 0.160. The van der Waals surface area contributed by atoms with Crippen molar-refractivity contribution in [2.24, 2.45) is 0 Å². The van der Waals surface area contributed by atoms with E-state index in [2.05, 4.69) is 4.57 Å². The Kier molecular flexibility index (Phi) is 4.24. The summed E-state index contributed by atoms with van der Waals surface area (Å²) in [5.74, 6) is 1.49. The summed E-state index contributed by atoms with van der Waals surface area (Å²) in [7, 11) is 3.24. The lowest BCUT2D eigenvalue weighted by molar-refractivity contribution is 0.104. The molecule has 3 aromatic carbocycles. The first-order chi connectivity index (χ1) is 14.6. The number of benzene rings is 3. The summed E-state index contributed by atoms with van der Waals surface area (Å²) in [6.07, 6.45) is 0.739. The van der Waals surface area contributed by atoms with E-state index < -0.39 is 0 Å². The molecule has 5 rings (SSSR count). The molecule has 1 heterocycles. The minimum atomic E-state index is -0.0306. The lowest BCUT2D eigenvalue weighted by Gasteiger charge is -2.13. The fourth-order valence-electron chi connectivity index (χ4n) is 4.42. The quantitative estimate of drug-likeness (QED) is 0.460. The summed E-state index contributed by atoms with van der Waals surface area (Å²) in [5, 5.41) is 11.2. The van der Waals surface area contributed by atoms with Crippen LogP contribution in [0.5, 0.6) is 17.2 Å². The summed E-state index contributed by atoms with van der Waals surface area (Å²) in [5.41, 5.74) is 5.04. The Labute approximate surface area is 174 Å².